The fourth-order valence-corrected chi connectivity index (χ4v) is 1.69. The zero-order chi connectivity index (χ0) is 14.5. The lowest BCUT2D eigenvalue weighted by Crippen LogP contribution is -2.49. The van der Waals surface area contributed by atoms with Crippen LogP contribution in [0, 0.1) is 0 Å². The van der Waals surface area contributed by atoms with E-state index in [1.54, 1.807) is 0 Å². The summed E-state index contributed by atoms with van der Waals surface area (Å²) in [6, 6.07) is 0.105. The lowest BCUT2D eigenvalue weighted by molar-refractivity contribution is -0.144. The van der Waals surface area contributed by atoms with Crippen LogP contribution in [-0.2, 0) is 19.0 Å². The molecule has 0 radical (unpaired) electrons. The summed E-state index contributed by atoms with van der Waals surface area (Å²) in [7, 11) is 0. The lowest BCUT2D eigenvalue weighted by Gasteiger charge is -2.35. The second kappa shape index (κ2) is 6.75. The molecule has 1 N–H and O–H groups in total. The molecule has 1 fully saturated rings. The van der Waals surface area contributed by atoms with Crippen LogP contribution in [0.1, 0.15) is 40.5 Å². The van der Waals surface area contributed by atoms with E-state index in [1.807, 2.05) is 20.8 Å². The molecule has 19 heavy (non-hydrogen) atoms. The first-order chi connectivity index (χ1) is 8.76. The Morgan fingerprint density at radius 2 is 1.84 bits per heavy atom. The third-order valence-electron chi connectivity index (χ3n) is 2.56. The summed E-state index contributed by atoms with van der Waals surface area (Å²) < 4.78 is 15.4. The first-order valence-electron chi connectivity index (χ1n) is 6.51. The van der Waals surface area contributed by atoms with Gasteiger partial charge in [0, 0.05) is 13.0 Å². The zero-order valence-electron chi connectivity index (χ0n) is 12.0. The molecule has 0 unspecified atom stereocenters. The third-order valence-corrected chi connectivity index (χ3v) is 2.56. The average Bonchev–Trinajstić information content (AvgIpc) is 2.16. The van der Waals surface area contributed by atoms with Crippen molar-refractivity contribution in [3.63, 3.8) is 0 Å². The fraction of sp³-hybridized carbons (Fsp3) is 0.846. The van der Waals surface area contributed by atoms with Gasteiger partial charge in [0.1, 0.15) is 12.2 Å². The Bertz CT molecular complexity index is 317. The van der Waals surface area contributed by atoms with Crippen molar-refractivity contribution < 1.29 is 23.8 Å². The van der Waals surface area contributed by atoms with Crippen LogP contribution in [0.5, 0.6) is 0 Å². The van der Waals surface area contributed by atoms with E-state index < -0.39 is 11.7 Å². The van der Waals surface area contributed by atoms with E-state index in [0.717, 1.165) is 12.8 Å². The normalized spacial score (nSPS) is 22.3. The molecule has 6 heteroatoms. The fourth-order valence-electron chi connectivity index (χ4n) is 1.69. The number of amides is 1. The molecule has 0 spiro atoms. The van der Waals surface area contributed by atoms with E-state index in [0.29, 0.717) is 6.61 Å². The minimum Gasteiger partial charge on any atom is -0.463 e. The number of carbonyl (C=O) groups excluding carboxylic acids is 2. The number of hydrogen-bond acceptors (Lipinski definition) is 5. The Morgan fingerprint density at radius 1 is 1.21 bits per heavy atom. The second-order valence-corrected chi connectivity index (χ2v) is 5.65. The van der Waals surface area contributed by atoms with E-state index in [-0.39, 0.29) is 24.7 Å². The van der Waals surface area contributed by atoms with E-state index in [2.05, 4.69) is 5.32 Å². The maximum Gasteiger partial charge on any atom is 0.407 e. The molecule has 0 atom stereocenters. The molecule has 0 bridgehead atoms. The van der Waals surface area contributed by atoms with Crippen LogP contribution in [0.2, 0.25) is 0 Å². The highest BCUT2D eigenvalue weighted by molar-refractivity contribution is 5.68. The molecular formula is C13H23NO5. The molecule has 1 rings (SSSR count). The zero-order valence-corrected chi connectivity index (χ0v) is 12.0. The van der Waals surface area contributed by atoms with Crippen molar-refractivity contribution in [2.45, 2.75) is 58.3 Å². The minimum absolute atomic E-state index is 0.105. The van der Waals surface area contributed by atoms with Crippen molar-refractivity contribution >= 4 is 12.1 Å². The number of alkyl carbamates (subject to hydrolysis) is 1. The Kier molecular flexibility index (Phi) is 5.60. The van der Waals surface area contributed by atoms with Gasteiger partial charge in [-0.25, -0.2) is 4.79 Å². The Morgan fingerprint density at radius 3 is 2.37 bits per heavy atom. The highest BCUT2D eigenvalue weighted by Gasteiger charge is 2.32. The highest BCUT2D eigenvalue weighted by atomic mass is 16.6. The van der Waals surface area contributed by atoms with Gasteiger partial charge in [-0.1, -0.05) is 0 Å². The molecule has 1 aliphatic rings. The maximum atomic E-state index is 11.5. The van der Waals surface area contributed by atoms with Crippen molar-refractivity contribution in [3.8, 4) is 0 Å². The molecule has 0 saturated heterocycles. The van der Waals surface area contributed by atoms with Crippen LogP contribution in [0.15, 0.2) is 0 Å². The van der Waals surface area contributed by atoms with Crippen molar-refractivity contribution in [1.29, 1.82) is 0 Å². The van der Waals surface area contributed by atoms with E-state index in [1.165, 1.54) is 6.92 Å². The molecule has 110 valence electrons. The largest absolute Gasteiger partial charge is 0.463 e. The SMILES string of the molecule is CC(=O)OCCOC1CC(NC(=O)OC(C)(C)C)C1. The number of rotatable bonds is 5. The number of nitrogens with one attached hydrogen (secondary N) is 1. The second-order valence-electron chi connectivity index (χ2n) is 5.65. The van der Waals surface area contributed by atoms with E-state index in [9.17, 15) is 9.59 Å². The van der Waals surface area contributed by atoms with E-state index in [4.69, 9.17) is 14.2 Å². The smallest absolute Gasteiger partial charge is 0.407 e. The summed E-state index contributed by atoms with van der Waals surface area (Å²) in [6.07, 6.45) is 1.25. The van der Waals surface area contributed by atoms with E-state index >= 15 is 0 Å². The Balaban J connectivity index is 2.04. The molecule has 6 nitrogen and oxygen atoms in total. The maximum absolute atomic E-state index is 11.5. The number of ether oxygens (including phenoxy) is 3. The summed E-state index contributed by atoms with van der Waals surface area (Å²) in [4.78, 5) is 22.0. The predicted molar refractivity (Wildman–Crippen MR) is 68.8 cm³/mol. The van der Waals surface area contributed by atoms with Gasteiger partial charge in [-0.2, -0.15) is 0 Å². The standard InChI is InChI=1S/C13H23NO5/c1-9(15)17-5-6-18-11-7-10(8-11)14-12(16)19-13(2,3)4/h10-11H,5-8H2,1-4H3,(H,14,16). The van der Waals surface area contributed by atoms with Gasteiger partial charge >= 0.3 is 12.1 Å². The van der Waals surface area contributed by atoms with Crippen molar-refractivity contribution in [3.05, 3.63) is 0 Å². The van der Waals surface area contributed by atoms with Gasteiger partial charge in [0.05, 0.1) is 12.7 Å². The Hall–Kier alpha value is -1.30. The topological polar surface area (TPSA) is 73.9 Å². The van der Waals surface area contributed by atoms with Crippen LogP contribution < -0.4 is 5.32 Å². The lowest BCUT2D eigenvalue weighted by atomic mass is 9.89. The van der Waals surface area contributed by atoms with Crippen LogP contribution in [0.4, 0.5) is 4.79 Å². The van der Waals surface area contributed by atoms with Gasteiger partial charge in [-0.15, -0.1) is 0 Å². The van der Waals surface area contributed by atoms with Crippen LogP contribution in [-0.4, -0.2) is 43.0 Å². The first-order valence-corrected chi connectivity index (χ1v) is 6.51. The van der Waals surface area contributed by atoms with Gasteiger partial charge in [0.2, 0.25) is 0 Å². The predicted octanol–water partition coefficient (Wildman–Crippen LogP) is 1.62. The summed E-state index contributed by atoms with van der Waals surface area (Å²) in [5, 5.41) is 2.79. The number of carbonyl (C=O) groups is 2. The monoisotopic (exact) mass is 273 g/mol. The molecule has 0 aliphatic heterocycles. The number of hydrogen-bond donors (Lipinski definition) is 1. The molecule has 0 aromatic rings. The van der Waals surface area contributed by atoms with Gasteiger partial charge in [0.15, 0.2) is 0 Å². The third kappa shape index (κ3) is 7.00. The van der Waals surface area contributed by atoms with Crippen LogP contribution >= 0.6 is 0 Å². The van der Waals surface area contributed by atoms with Gasteiger partial charge in [-0.05, 0) is 33.6 Å². The molecular weight excluding hydrogens is 250 g/mol. The average molecular weight is 273 g/mol. The van der Waals surface area contributed by atoms with Gasteiger partial charge < -0.3 is 19.5 Å². The van der Waals surface area contributed by atoms with Crippen molar-refractivity contribution in [2.24, 2.45) is 0 Å². The molecule has 0 aromatic heterocycles. The highest BCUT2D eigenvalue weighted by Crippen LogP contribution is 2.23. The number of esters is 1. The molecule has 1 saturated carbocycles. The molecule has 0 aromatic carbocycles. The summed E-state index contributed by atoms with van der Waals surface area (Å²) in [5.74, 6) is -0.304. The van der Waals surface area contributed by atoms with Crippen LogP contribution in [0.25, 0.3) is 0 Å². The van der Waals surface area contributed by atoms with Crippen molar-refractivity contribution in [1.82, 2.24) is 5.32 Å². The minimum atomic E-state index is -0.478. The molecule has 0 heterocycles. The quantitative estimate of drug-likeness (QED) is 0.608. The molecule has 1 aliphatic carbocycles. The summed E-state index contributed by atoms with van der Waals surface area (Å²) in [5.41, 5.74) is -0.478. The summed E-state index contributed by atoms with van der Waals surface area (Å²) >= 11 is 0. The molecule has 1 amide bonds. The summed E-state index contributed by atoms with van der Waals surface area (Å²) in [6.45, 7) is 7.51. The van der Waals surface area contributed by atoms with Crippen molar-refractivity contribution in [2.75, 3.05) is 13.2 Å². The van der Waals surface area contributed by atoms with Gasteiger partial charge in [-0.3, -0.25) is 4.79 Å². The first kappa shape index (κ1) is 15.8. The van der Waals surface area contributed by atoms with Gasteiger partial charge in [0.25, 0.3) is 0 Å². The van der Waals surface area contributed by atoms with Crippen LogP contribution in [0.3, 0.4) is 0 Å². The Labute approximate surface area is 113 Å².